The van der Waals surface area contributed by atoms with Gasteiger partial charge >= 0.3 is 0 Å². The number of halogens is 1. The number of pyridine rings is 1. The highest BCUT2D eigenvalue weighted by Crippen LogP contribution is 2.35. The van der Waals surface area contributed by atoms with Crippen LogP contribution in [0.4, 0.5) is 4.39 Å². The van der Waals surface area contributed by atoms with Gasteiger partial charge in [-0.15, -0.1) is 0 Å². The summed E-state index contributed by atoms with van der Waals surface area (Å²) in [6, 6.07) is 6.68. The van der Waals surface area contributed by atoms with Gasteiger partial charge in [0.25, 0.3) is 5.89 Å². The van der Waals surface area contributed by atoms with Crippen LogP contribution in [0.15, 0.2) is 28.8 Å². The number of methoxy groups -OCH3 is 1. The van der Waals surface area contributed by atoms with Crippen molar-refractivity contribution in [2.24, 2.45) is 0 Å². The second kappa shape index (κ2) is 6.16. The van der Waals surface area contributed by atoms with Crippen LogP contribution in [-0.2, 0) is 15.1 Å². The molecule has 2 aromatic heterocycles. The number of nitrogens with zero attached hydrogens (tertiary/aromatic N) is 3. The number of benzene rings is 1. The zero-order valence-corrected chi connectivity index (χ0v) is 14.1. The van der Waals surface area contributed by atoms with Crippen LogP contribution >= 0.6 is 0 Å². The van der Waals surface area contributed by atoms with E-state index in [1.54, 1.807) is 26.2 Å². The molecule has 0 unspecified atom stereocenters. The van der Waals surface area contributed by atoms with Crippen molar-refractivity contribution in [2.45, 2.75) is 25.4 Å². The Labute approximate surface area is 144 Å². The van der Waals surface area contributed by atoms with Gasteiger partial charge in [-0.1, -0.05) is 17.3 Å². The van der Waals surface area contributed by atoms with Crippen LogP contribution < -0.4 is 0 Å². The summed E-state index contributed by atoms with van der Waals surface area (Å²) in [5.41, 5.74) is 1.06. The molecule has 1 aromatic carbocycles. The first-order valence-electron chi connectivity index (χ1n) is 8.16. The largest absolute Gasteiger partial charge is 0.381 e. The number of ether oxygens (including phenoxy) is 2. The number of aromatic nitrogens is 3. The summed E-state index contributed by atoms with van der Waals surface area (Å²) in [4.78, 5) is 8.90. The van der Waals surface area contributed by atoms with Crippen molar-refractivity contribution in [3.63, 3.8) is 0 Å². The van der Waals surface area contributed by atoms with Crippen LogP contribution in [0.3, 0.4) is 0 Å². The van der Waals surface area contributed by atoms with E-state index >= 15 is 0 Å². The molecule has 0 atom stereocenters. The summed E-state index contributed by atoms with van der Waals surface area (Å²) < 4.78 is 30.5. The van der Waals surface area contributed by atoms with Gasteiger partial charge in [-0.25, -0.2) is 9.37 Å². The van der Waals surface area contributed by atoms with Crippen LogP contribution in [0.2, 0.25) is 0 Å². The Kier molecular flexibility index (Phi) is 3.97. The first-order valence-corrected chi connectivity index (χ1v) is 8.16. The predicted molar refractivity (Wildman–Crippen MR) is 88.5 cm³/mol. The first kappa shape index (κ1) is 16.1. The summed E-state index contributed by atoms with van der Waals surface area (Å²) in [7, 11) is 1.65. The monoisotopic (exact) mass is 343 g/mol. The average Bonchev–Trinajstić information content (AvgIpc) is 3.13. The summed E-state index contributed by atoms with van der Waals surface area (Å²) in [6.07, 6.45) is 1.34. The molecule has 1 aliphatic heterocycles. The van der Waals surface area contributed by atoms with Gasteiger partial charge in [-0.05, 0) is 19.1 Å². The second-order valence-corrected chi connectivity index (χ2v) is 6.17. The molecule has 4 rings (SSSR count). The molecule has 1 fully saturated rings. The van der Waals surface area contributed by atoms with E-state index in [2.05, 4.69) is 15.1 Å². The number of rotatable bonds is 3. The molecule has 0 radical (unpaired) electrons. The Morgan fingerprint density at radius 3 is 2.76 bits per heavy atom. The highest BCUT2D eigenvalue weighted by Gasteiger charge is 2.39. The molecule has 0 N–H and O–H groups in total. The fourth-order valence-corrected chi connectivity index (χ4v) is 3.21. The van der Waals surface area contributed by atoms with Gasteiger partial charge in [0, 0.05) is 38.6 Å². The van der Waals surface area contributed by atoms with Gasteiger partial charge < -0.3 is 14.0 Å². The van der Waals surface area contributed by atoms with Crippen LogP contribution in [0, 0.1) is 12.7 Å². The van der Waals surface area contributed by atoms with E-state index in [1.165, 1.54) is 6.07 Å². The standard InChI is InChI=1S/C18H18FN3O3/c1-11-13(10-12-4-3-5-14(19)15(12)20-11)16-21-17(22-25-16)18(23-2)6-8-24-9-7-18/h3-5,10H,6-9H2,1-2H3. The minimum atomic E-state index is -0.593. The average molecular weight is 343 g/mol. The third-order valence-electron chi connectivity index (χ3n) is 4.74. The smallest absolute Gasteiger partial charge is 0.259 e. The van der Waals surface area contributed by atoms with Crippen LogP contribution in [0.25, 0.3) is 22.4 Å². The molecule has 1 aliphatic rings. The van der Waals surface area contributed by atoms with E-state index in [0.29, 0.717) is 59.9 Å². The van der Waals surface area contributed by atoms with Crippen molar-refractivity contribution < 1.29 is 18.4 Å². The SMILES string of the molecule is COC1(c2noc(-c3cc4cccc(F)c4nc3C)n2)CCOCC1. The van der Waals surface area contributed by atoms with E-state index < -0.39 is 5.60 Å². The lowest BCUT2D eigenvalue weighted by molar-refractivity contribution is -0.101. The molecule has 7 heteroatoms. The lowest BCUT2D eigenvalue weighted by Gasteiger charge is -2.32. The van der Waals surface area contributed by atoms with Gasteiger partial charge in [0.15, 0.2) is 0 Å². The maximum Gasteiger partial charge on any atom is 0.259 e. The minimum absolute atomic E-state index is 0.335. The molecule has 3 heterocycles. The predicted octanol–water partition coefficient (Wildman–Crippen LogP) is 3.38. The summed E-state index contributed by atoms with van der Waals surface area (Å²) in [5, 5.41) is 4.82. The second-order valence-electron chi connectivity index (χ2n) is 6.17. The summed E-state index contributed by atoms with van der Waals surface area (Å²) >= 11 is 0. The normalized spacial score (nSPS) is 17.1. The Morgan fingerprint density at radius 1 is 1.20 bits per heavy atom. The van der Waals surface area contributed by atoms with E-state index in [-0.39, 0.29) is 5.82 Å². The summed E-state index contributed by atoms with van der Waals surface area (Å²) in [6.45, 7) is 2.98. The van der Waals surface area contributed by atoms with Crippen molar-refractivity contribution in [3.8, 4) is 11.5 Å². The third-order valence-corrected chi connectivity index (χ3v) is 4.74. The number of hydrogen-bond donors (Lipinski definition) is 0. The molecule has 130 valence electrons. The van der Waals surface area contributed by atoms with Crippen molar-refractivity contribution in [1.29, 1.82) is 0 Å². The fraction of sp³-hybridized carbons (Fsp3) is 0.389. The van der Waals surface area contributed by atoms with Gasteiger partial charge in [-0.2, -0.15) is 4.98 Å². The van der Waals surface area contributed by atoms with E-state index in [1.807, 2.05) is 6.07 Å². The zero-order chi connectivity index (χ0) is 17.4. The molecular formula is C18H18FN3O3. The van der Waals surface area contributed by atoms with E-state index in [0.717, 1.165) is 0 Å². The molecule has 0 spiro atoms. The Morgan fingerprint density at radius 2 is 2.00 bits per heavy atom. The molecule has 0 aliphatic carbocycles. The lowest BCUT2D eigenvalue weighted by Crippen LogP contribution is -2.36. The molecule has 25 heavy (non-hydrogen) atoms. The van der Waals surface area contributed by atoms with Gasteiger partial charge in [0.1, 0.15) is 16.9 Å². The third kappa shape index (κ3) is 2.69. The number of para-hydroxylation sites is 1. The Balaban J connectivity index is 1.77. The van der Waals surface area contributed by atoms with Gasteiger partial charge in [0.2, 0.25) is 5.82 Å². The first-order chi connectivity index (χ1) is 12.1. The van der Waals surface area contributed by atoms with Crippen LogP contribution in [0.5, 0.6) is 0 Å². The molecular weight excluding hydrogens is 325 g/mol. The molecule has 1 saturated heterocycles. The molecule has 0 bridgehead atoms. The van der Waals surface area contributed by atoms with E-state index in [9.17, 15) is 4.39 Å². The Bertz CT molecular complexity index is 919. The fourth-order valence-electron chi connectivity index (χ4n) is 3.21. The van der Waals surface area contributed by atoms with Crippen LogP contribution in [-0.4, -0.2) is 35.4 Å². The summed E-state index contributed by atoms with van der Waals surface area (Å²) in [5.74, 6) is 0.514. The van der Waals surface area contributed by atoms with Crippen molar-refractivity contribution in [2.75, 3.05) is 20.3 Å². The van der Waals surface area contributed by atoms with Gasteiger partial charge in [0.05, 0.1) is 11.3 Å². The topological polar surface area (TPSA) is 70.3 Å². The molecule has 6 nitrogen and oxygen atoms in total. The van der Waals surface area contributed by atoms with Crippen LogP contribution in [0.1, 0.15) is 24.4 Å². The van der Waals surface area contributed by atoms with Crippen molar-refractivity contribution in [1.82, 2.24) is 15.1 Å². The van der Waals surface area contributed by atoms with E-state index in [4.69, 9.17) is 14.0 Å². The molecule has 0 saturated carbocycles. The number of fused-ring (bicyclic) bond motifs is 1. The number of hydrogen-bond acceptors (Lipinski definition) is 6. The highest BCUT2D eigenvalue weighted by atomic mass is 19.1. The highest BCUT2D eigenvalue weighted by molar-refractivity contribution is 5.83. The maximum absolute atomic E-state index is 13.9. The van der Waals surface area contributed by atoms with Gasteiger partial charge in [-0.3, -0.25) is 0 Å². The minimum Gasteiger partial charge on any atom is -0.381 e. The maximum atomic E-state index is 13.9. The lowest BCUT2D eigenvalue weighted by atomic mass is 9.93. The molecule has 3 aromatic rings. The quantitative estimate of drug-likeness (QED) is 0.726. The Hall–Kier alpha value is -2.38. The zero-order valence-electron chi connectivity index (χ0n) is 14.1. The van der Waals surface area contributed by atoms with Crippen molar-refractivity contribution in [3.05, 3.63) is 41.6 Å². The number of aryl methyl sites for hydroxylation is 1. The van der Waals surface area contributed by atoms with Crippen molar-refractivity contribution >= 4 is 10.9 Å². The molecule has 0 amide bonds.